The molecule has 25 heavy (non-hydrogen) atoms. The Morgan fingerprint density at radius 2 is 1.92 bits per heavy atom. The van der Waals surface area contributed by atoms with Crippen LogP contribution in [0.5, 0.6) is 5.75 Å². The van der Waals surface area contributed by atoms with Gasteiger partial charge in [0.2, 0.25) is 0 Å². The summed E-state index contributed by atoms with van der Waals surface area (Å²) >= 11 is 2.01. The summed E-state index contributed by atoms with van der Waals surface area (Å²) in [5.74, 6) is 0.648. The summed E-state index contributed by atoms with van der Waals surface area (Å²) in [6.07, 6.45) is 4.77. The van der Waals surface area contributed by atoms with E-state index in [0.29, 0.717) is 22.6 Å². The fourth-order valence-corrected chi connectivity index (χ4v) is 5.39. The topological polar surface area (TPSA) is 66.8 Å². The van der Waals surface area contributed by atoms with Crippen LogP contribution in [0.3, 0.4) is 0 Å². The van der Waals surface area contributed by atoms with Gasteiger partial charge < -0.3 is 14.7 Å². The van der Waals surface area contributed by atoms with Crippen LogP contribution in [0, 0.1) is 13.8 Å². The second-order valence-corrected chi connectivity index (χ2v) is 8.23. The Balaban J connectivity index is 1.80. The van der Waals surface area contributed by atoms with Crippen LogP contribution in [0.15, 0.2) is 12.1 Å². The molecule has 1 N–H and O–H groups in total. The van der Waals surface area contributed by atoms with Gasteiger partial charge in [-0.25, -0.2) is 4.79 Å². The number of nitrogens with zero attached hydrogens (tertiary/aromatic N) is 1. The number of rotatable bonds is 4. The third-order valence-electron chi connectivity index (χ3n) is 5.04. The molecule has 1 aliphatic heterocycles. The monoisotopic (exact) mass is 363 g/mol. The van der Waals surface area contributed by atoms with Gasteiger partial charge >= 0.3 is 5.97 Å². The maximum atomic E-state index is 13.1. The molecule has 1 aliphatic carbocycles. The molecule has 1 aromatic carbocycles. The van der Waals surface area contributed by atoms with Gasteiger partial charge in [0.25, 0.3) is 5.91 Å². The largest absolute Gasteiger partial charge is 0.481 e. The van der Waals surface area contributed by atoms with Crippen molar-refractivity contribution in [2.45, 2.75) is 50.8 Å². The predicted octanol–water partition coefficient (Wildman–Crippen LogP) is 3.27. The second-order valence-electron chi connectivity index (χ2n) is 6.88. The molecule has 0 radical (unpaired) electrons. The molecule has 0 bridgehead atoms. The molecule has 1 amide bonds. The minimum Gasteiger partial charge on any atom is -0.481 e. The van der Waals surface area contributed by atoms with Crippen LogP contribution in [0.2, 0.25) is 0 Å². The molecule has 2 aliphatic rings. The summed E-state index contributed by atoms with van der Waals surface area (Å²) in [6, 6.07) is 4.00. The third-order valence-corrected chi connectivity index (χ3v) is 6.44. The molecular weight excluding hydrogens is 338 g/mol. The minimum absolute atomic E-state index is 0.0909. The molecule has 2 fully saturated rings. The average molecular weight is 363 g/mol. The maximum Gasteiger partial charge on any atom is 0.341 e. The van der Waals surface area contributed by atoms with Crippen LogP contribution < -0.4 is 4.74 Å². The van der Waals surface area contributed by atoms with Crippen LogP contribution >= 0.6 is 11.8 Å². The van der Waals surface area contributed by atoms with Crippen molar-refractivity contribution in [1.29, 1.82) is 0 Å². The summed E-state index contributed by atoms with van der Waals surface area (Å²) < 4.78 is 5.37. The van der Waals surface area contributed by atoms with E-state index in [9.17, 15) is 9.59 Å². The number of carboxylic acids is 1. The number of benzene rings is 1. The molecule has 0 aromatic heterocycles. The zero-order chi connectivity index (χ0) is 18.0. The van der Waals surface area contributed by atoms with Gasteiger partial charge in [0.1, 0.15) is 5.75 Å². The number of thioether (sulfide) groups is 1. The van der Waals surface area contributed by atoms with Crippen molar-refractivity contribution in [3.63, 3.8) is 0 Å². The number of aryl methyl sites for hydroxylation is 2. The first-order chi connectivity index (χ1) is 12.0. The van der Waals surface area contributed by atoms with Crippen LogP contribution in [-0.2, 0) is 4.79 Å². The summed E-state index contributed by atoms with van der Waals surface area (Å²) in [4.78, 5) is 25.9. The lowest BCUT2D eigenvalue weighted by molar-refractivity contribution is -0.139. The lowest BCUT2D eigenvalue weighted by Gasteiger charge is -2.43. The van der Waals surface area contributed by atoms with Crippen molar-refractivity contribution < 1.29 is 19.4 Å². The molecule has 5 nitrogen and oxygen atoms in total. The van der Waals surface area contributed by atoms with E-state index in [1.807, 2.05) is 37.7 Å². The molecule has 2 atom stereocenters. The van der Waals surface area contributed by atoms with Gasteiger partial charge in [-0.2, -0.15) is 11.8 Å². The Morgan fingerprint density at radius 3 is 2.60 bits per heavy atom. The lowest BCUT2D eigenvalue weighted by atomic mass is 9.92. The van der Waals surface area contributed by atoms with Crippen molar-refractivity contribution in [1.82, 2.24) is 4.90 Å². The highest BCUT2D eigenvalue weighted by Crippen LogP contribution is 2.36. The number of carbonyl (C=O) groups is 2. The number of hydrogen-bond acceptors (Lipinski definition) is 4. The Bertz CT molecular complexity index is 650. The first-order valence-electron chi connectivity index (χ1n) is 8.86. The zero-order valence-electron chi connectivity index (χ0n) is 14.8. The van der Waals surface area contributed by atoms with Gasteiger partial charge in [0.15, 0.2) is 6.61 Å². The fraction of sp³-hybridized carbons (Fsp3) is 0.579. The summed E-state index contributed by atoms with van der Waals surface area (Å²) in [5, 5.41) is 9.37. The van der Waals surface area contributed by atoms with Crippen LogP contribution in [0.4, 0.5) is 0 Å². The van der Waals surface area contributed by atoms with E-state index in [1.54, 1.807) is 0 Å². The molecule has 1 saturated heterocycles. The number of fused-ring (bicyclic) bond motifs is 1. The number of carboxylic acid groups (broad SMARTS) is 1. The van der Waals surface area contributed by atoms with Crippen LogP contribution in [0.1, 0.15) is 47.2 Å². The molecule has 1 aromatic rings. The van der Waals surface area contributed by atoms with Crippen molar-refractivity contribution >= 4 is 23.6 Å². The Hall–Kier alpha value is -1.69. The van der Waals surface area contributed by atoms with E-state index < -0.39 is 5.97 Å². The molecule has 0 spiro atoms. The molecule has 1 saturated carbocycles. The summed E-state index contributed by atoms with van der Waals surface area (Å²) in [6.45, 7) is 4.15. The number of amides is 1. The highest BCUT2D eigenvalue weighted by atomic mass is 32.2. The van der Waals surface area contributed by atoms with Crippen molar-refractivity contribution in [2.24, 2.45) is 0 Å². The molecule has 3 rings (SSSR count). The standard InChI is InChI=1S/C19H25NO4S/c1-12-9-14(10-13(2)18(12)24-11-17(21)22)19(23)20-7-8-25-16-6-4-3-5-15(16)20/h9-10,15-16H,3-8,11H2,1-2H3,(H,21,22). The van der Waals surface area contributed by atoms with Gasteiger partial charge in [0, 0.05) is 29.2 Å². The van der Waals surface area contributed by atoms with E-state index in [4.69, 9.17) is 9.84 Å². The Kier molecular flexibility index (Phi) is 5.57. The fourth-order valence-electron chi connectivity index (χ4n) is 3.95. The van der Waals surface area contributed by atoms with E-state index in [-0.39, 0.29) is 12.5 Å². The van der Waals surface area contributed by atoms with Crippen LogP contribution in [-0.4, -0.2) is 52.1 Å². The number of carbonyl (C=O) groups excluding carboxylic acids is 1. The second kappa shape index (κ2) is 7.68. The highest BCUT2D eigenvalue weighted by molar-refractivity contribution is 8.00. The smallest absolute Gasteiger partial charge is 0.341 e. The van der Waals surface area contributed by atoms with Gasteiger partial charge in [0.05, 0.1) is 0 Å². The number of hydrogen-bond donors (Lipinski definition) is 1. The zero-order valence-corrected chi connectivity index (χ0v) is 15.6. The van der Waals surface area contributed by atoms with Crippen molar-refractivity contribution in [2.75, 3.05) is 18.9 Å². The molecule has 1 heterocycles. The normalized spacial score (nSPS) is 23.0. The van der Waals surface area contributed by atoms with E-state index >= 15 is 0 Å². The SMILES string of the molecule is Cc1cc(C(=O)N2CCSC3CCCCC32)cc(C)c1OCC(=O)O. The van der Waals surface area contributed by atoms with E-state index in [2.05, 4.69) is 4.90 Å². The van der Waals surface area contributed by atoms with Gasteiger partial charge in [-0.1, -0.05) is 12.8 Å². The first-order valence-corrected chi connectivity index (χ1v) is 9.90. The lowest BCUT2D eigenvalue weighted by Crippen LogP contribution is -2.51. The van der Waals surface area contributed by atoms with Gasteiger partial charge in [-0.3, -0.25) is 4.79 Å². The molecule has 6 heteroatoms. The Labute approximate surface area is 152 Å². The maximum absolute atomic E-state index is 13.1. The van der Waals surface area contributed by atoms with Crippen LogP contribution in [0.25, 0.3) is 0 Å². The summed E-state index contributed by atoms with van der Waals surface area (Å²) in [7, 11) is 0. The minimum atomic E-state index is -1.01. The molecule has 136 valence electrons. The van der Waals surface area contributed by atoms with Gasteiger partial charge in [-0.15, -0.1) is 0 Å². The van der Waals surface area contributed by atoms with Gasteiger partial charge in [-0.05, 0) is 49.9 Å². The number of aliphatic carboxylic acids is 1. The number of ether oxygens (including phenoxy) is 1. The molecular formula is C19H25NO4S. The predicted molar refractivity (Wildman–Crippen MR) is 98.6 cm³/mol. The molecule has 2 unspecified atom stereocenters. The average Bonchev–Trinajstić information content (AvgIpc) is 2.59. The Morgan fingerprint density at radius 1 is 1.24 bits per heavy atom. The first kappa shape index (κ1) is 18.1. The van der Waals surface area contributed by atoms with E-state index in [0.717, 1.165) is 29.8 Å². The quantitative estimate of drug-likeness (QED) is 0.889. The summed E-state index contributed by atoms with van der Waals surface area (Å²) in [5.41, 5.74) is 2.28. The van der Waals surface area contributed by atoms with Crippen molar-refractivity contribution in [3.05, 3.63) is 28.8 Å². The third kappa shape index (κ3) is 3.94. The van der Waals surface area contributed by atoms with E-state index in [1.165, 1.54) is 19.3 Å². The van der Waals surface area contributed by atoms with Crippen molar-refractivity contribution in [3.8, 4) is 5.75 Å². The highest BCUT2D eigenvalue weighted by Gasteiger charge is 2.36.